The average Bonchev–Trinajstić information content (AvgIpc) is 2.79. The van der Waals surface area contributed by atoms with Crippen LogP contribution in [-0.4, -0.2) is 22.4 Å². The molecule has 5 nitrogen and oxygen atoms in total. The topological polar surface area (TPSA) is 70.1 Å². The van der Waals surface area contributed by atoms with Crippen LogP contribution in [0.5, 0.6) is 0 Å². The van der Waals surface area contributed by atoms with E-state index in [1.807, 2.05) is 18.2 Å². The Hall–Kier alpha value is -2.30. The molecule has 1 aromatic carbocycles. The minimum absolute atomic E-state index is 0.345. The fraction of sp³-hybridized carbons (Fsp3) is 0.167. The maximum Gasteiger partial charge on any atom is 0.341 e. The molecule has 0 aliphatic rings. The van der Waals surface area contributed by atoms with Gasteiger partial charge < -0.3 is 10.5 Å². The number of esters is 1. The largest absolute Gasteiger partial charge is 0.462 e. The number of nitrogens with zero attached hydrogens (tertiary/aromatic N) is 2. The smallest absolute Gasteiger partial charge is 0.341 e. The molecule has 0 saturated heterocycles. The Morgan fingerprint density at radius 1 is 1.47 bits per heavy atom. The van der Waals surface area contributed by atoms with E-state index in [4.69, 9.17) is 10.5 Å². The van der Waals surface area contributed by atoms with Crippen LogP contribution in [-0.2, 0) is 4.74 Å². The molecule has 1 heterocycles. The molecule has 2 aromatic rings. The Kier molecular flexibility index (Phi) is 3.09. The summed E-state index contributed by atoms with van der Waals surface area (Å²) in [6, 6.07) is 7.31. The number of ether oxygens (including phenoxy) is 1. The summed E-state index contributed by atoms with van der Waals surface area (Å²) in [5.41, 5.74) is 7.57. The van der Waals surface area contributed by atoms with E-state index in [0.29, 0.717) is 17.9 Å². The van der Waals surface area contributed by atoms with E-state index >= 15 is 0 Å². The van der Waals surface area contributed by atoms with Crippen molar-refractivity contribution in [2.75, 3.05) is 12.3 Å². The third-order valence-corrected chi connectivity index (χ3v) is 2.28. The second-order valence-corrected chi connectivity index (χ2v) is 3.45. The molecule has 2 N–H and O–H groups in total. The quantitative estimate of drug-likeness (QED) is 0.643. The Bertz CT molecular complexity index is 534. The lowest BCUT2D eigenvalue weighted by molar-refractivity contribution is 0.0526. The summed E-state index contributed by atoms with van der Waals surface area (Å²) in [5, 5.41) is 4.09. The van der Waals surface area contributed by atoms with Crippen LogP contribution < -0.4 is 5.73 Å². The van der Waals surface area contributed by atoms with Crippen molar-refractivity contribution in [2.45, 2.75) is 6.92 Å². The zero-order chi connectivity index (χ0) is 12.3. The molecule has 5 heteroatoms. The monoisotopic (exact) mass is 231 g/mol. The van der Waals surface area contributed by atoms with Crippen LogP contribution in [0.1, 0.15) is 17.3 Å². The van der Waals surface area contributed by atoms with E-state index in [0.717, 1.165) is 5.69 Å². The van der Waals surface area contributed by atoms with Gasteiger partial charge in [0.05, 0.1) is 29.7 Å². The van der Waals surface area contributed by atoms with E-state index in [9.17, 15) is 4.79 Å². The standard InChI is InChI=1S/C12H13N3O2/c1-2-17-12(16)9-7-14-15(8-9)11-6-4-3-5-10(11)13/h3-8H,2,13H2,1H3. The van der Waals surface area contributed by atoms with Gasteiger partial charge in [-0.15, -0.1) is 0 Å². The van der Waals surface area contributed by atoms with Crippen molar-refractivity contribution < 1.29 is 9.53 Å². The van der Waals surface area contributed by atoms with Gasteiger partial charge in [-0.25, -0.2) is 9.48 Å². The van der Waals surface area contributed by atoms with Gasteiger partial charge in [-0.1, -0.05) is 12.1 Å². The van der Waals surface area contributed by atoms with Crippen LogP contribution in [0.3, 0.4) is 0 Å². The lowest BCUT2D eigenvalue weighted by atomic mass is 10.3. The van der Waals surface area contributed by atoms with Crippen LogP contribution in [0.2, 0.25) is 0 Å². The number of carbonyl (C=O) groups excluding carboxylic acids is 1. The fourth-order valence-electron chi connectivity index (χ4n) is 1.47. The van der Waals surface area contributed by atoms with Gasteiger partial charge >= 0.3 is 5.97 Å². The predicted molar refractivity (Wildman–Crippen MR) is 63.9 cm³/mol. The second-order valence-electron chi connectivity index (χ2n) is 3.45. The van der Waals surface area contributed by atoms with Crippen molar-refractivity contribution in [3.05, 3.63) is 42.2 Å². The van der Waals surface area contributed by atoms with Gasteiger partial charge in [0.15, 0.2) is 0 Å². The zero-order valence-corrected chi connectivity index (χ0v) is 9.46. The summed E-state index contributed by atoms with van der Waals surface area (Å²) in [5.74, 6) is -0.381. The van der Waals surface area contributed by atoms with Gasteiger partial charge in [0.2, 0.25) is 0 Å². The SMILES string of the molecule is CCOC(=O)c1cnn(-c2ccccc2N)c1. The molecule has 0 spiro atoms. The van der Waals surface area contributed by atoms with Gasteiger partial charge in [-0.3, -0.25) is 0 Å². The number of anilines is 1. The Morgan fingerprint density at radius 3 is 2.94 bits per heavy atom. The summed E-state index contributed by atoms with van der Waals surface area (Å²) < 4.78 is 6.44. The molecule has 0 aliphatic carbocycles. The van der Waals surface area contributed by atoms with E-state index in [-0.39, 0.29) is 5.97 Å². The van der Waals surface area contributed by atoms with Crippen LogP contribution in [0.25, 0.3) is 5.69 Å². The highest BCUT2D eigenvalue weighted by molar-refractivity contribution is 5.88. The molecular weight excluding hydrogens is 218 g/mol. The molecule has 2 rings (SSSR count). The van der Waals surface area contributed by atoms with Gasteiger partial charge in [0.25, 0.3) is 0 Å². The van der Waals surface area contributed by atoms with Crippen molar-refractivity contribution in [3.63, 3.8) is 0 Å². The van der Waals surface area contributed by atoms with E-state index in [1.165, 1.54) is 6.20 Å². The molecule has 0 radical (unpaired) electrons. The van der Waals surface area contributed by atoms with Crippen molar-refractivity contribution in [3.8, 4) is 5.69 Å². The zero-order valence-electron chi connectivity index (χ0n) is 9.46. The first kappa shape index (κ1) is 11.2. The van der Waals surface area contributed by atoms with Crippen LogP contribution in [0, 0.1) is 0 Å². The maximum absolute atomic E-state index is 11.5. The highest BCUT2D eigenvalue weighted by atomic mass is 16.5. The maximum atomic E-state index is 11.5. The molecule has 0 aliphatic heterocycles. The molecule has 0 saturated carbocycles. The van der Waals surface area contributed by atoms with Crippen LogP contribution in [0.15, 0.2) is 36.7 Å². The minimum atomic E-state index is -0.381. The third-order valence-electron chi connectivity index (χ3n) is 2.28. The van der Waals surface area contributed by atoms with Crippen molar-refractivity contribution in [1.29, 1.82) is 0 Å². The number of nitrogens with two attached hydrogens (primary N) is 1. The number of aromatic nitrogens is 2. The summed E-state index contributed by atoms with van der Waals surface area (Å²) >= 11 is 0. The molecule has 17 heavy (non-hydrogen) atoms. The van der Waals surface area contributed by atoms with Crippen molar-refractivity contribution in [2.24, 2.45) is 0 Å². The first-order valence-corrected chi connectivity index (χ1v) is 5.29. The summed E-state index contributed by atoms with van der Waals surface area (Å²) in [7, 11) is 0. The van der Waals surface area contributed by atoms with E-state index in [1.54, 1.807) is 23.9 Å². The second kappa shape index (κ2) is 4.69. The first-order valence-electron chi connectivity index (χ1n) is 5.29. The average molecular weight is 231 g/mol. The third kappa shape index (κ3) is 2.28. The molecular formula is C12H13N3O2. The number of rotatable bonds is 3. The molecule has 0 atom stereocenters. The van der Waals surface area contributed by atoms with E-state index in [2.05, 4.69) is 5.10 Å². The first-order chi connectivity index (χ1) is 8.22. The van der Waals surface area contributed by atoms with Crippen LogP contribution in [0.4, 0.5) is 5.69 Å². The normalized spacial score (nSPS) is 10.2. The summed E-state index contributed by atoms with van der Waals surface area (Å²) in [4.78, 5) is 11.5. The number of para-hydroxylation sites is 2. The number of hydrogen-bond donors (Lipinski definition) is 1. The lowest BCUT2D eigenvalue weighted by Crippen LogP contribution is -2.03. The summed E-state index contributed by atoms with van der Waals surface area (Å²) in [6.45, 7) is 2.11. The Labute approximate surface area is 98.8 Å². The highest BCUT2D eigenvalue weighted by Gasteiger charge is 2.10. The van der Waals surface area contributed by atoms with Crippen molar-refractivity contribution >= 4 is 11.7 Å². The van der Waals surface area contributed by atoms with Crippen LogP contribution >= 0.6 is 0 Å². The molecule has 0 bridgehead atoms. The molecule has 88 valence electrons. The number of benzene rings is 1. The van der Waals surface area contributed by atoms with Gasteiger partial charge in [-0.05, 0) is 19.1 Å². The fourth-order valence-corrected chi connectivity index (χ4v) is 1.47. The van der Waals surface area contributed by atoms with Gasteiger partial charge in [0, 0.05) is 6.20 Å². The lowest BCUT2D eigenvalue weighted by Gasteiger charge is -2.04. The number of hydrogen-bond acceptors (Lipinski definition) is 4. The number of nitrogen functional groups attached to an aromatic ring is 1. The summed E-state index contributed by atoms with van der Waals surface area (Å²) in [6.07, 6.45) is 3.06. The molecule has 0 amide bonds. The highest BCUT2D eigenvalue weighted by Crippen LogP contribution is 2.16. The predicted octanol–water partition coefficient (Wildman–Crippen LogP) is 1.63. The van der Waals surface area contributed by atoms with Gasteiger partial charge in [0.1, 0.15) is 0 Å². The number of carbonyl (C=O) groups is 1. The Balaban J connectivity index is 2.30. The van der Waals surface area contributed by atoms with E-state index < -0.39 is 0 Å². The molecule has 0 unspecified atom stereocenters. The van der Waals surface area contributed by atoms with Crippen molar-refractivity contribution in [1.82, 2.24) is 9.78 Å². The molecule has 1 aromatic heterocycles. The minimum Gasteiger partial charge on any atom is -0.462 e. The molecule has 0 fully saturated rings. The Morgan fingerprint density at radius 2 is 2.24 bits per heavy atom. The van der Waals surface area contributed by atoms with Gasteiger partial charge in [-0.2, -0.15) is 5.10 Å².